The predicted molar refractivity (Wildman–Crippen MR) is 119 cm³/mol. The van der Waals surface area contributed by atoms with Crippen LogP contribution >= 0.6 is 11.3 Å². The first-order valence-electron chi connectivity index (χ1n) is 10.6. The molecule has 1 aliphatic rings. The fourth-order valence-electron chi connectivity index (χ4n) is 3.71. The van der Waals surface area contributed by atoms with Crippen LogP contribution in [-0.2, 0) is 11.4 Å². The van der Waals surface area contributed by atoms with Gasteiger partial charge in [-0.25, -0.2) is 4.98 Å². The molecule has 0 unspecified atom stereocenters. The molecule has 3 rings (SSSR count). The number of carbonyl (C=O) groups excluding carboxylic acids is 2. The standard InChI is InChI=1S/C23H31N3O3S/c1-14(2)22(27)25-18-7-5-6-8-19(18)26-23(28)20-13-30-21(24-20)12-29-17-10-15(3)9-16(4)11-17/h9-11,13-14,18-19H,5-8,12H2,1-4H3,(H,25,27)(H,26,28)/t18-,19+/m1/s1. The lowest BCUT2D eigenvalue weighted by Gasteiger charge is -2.33. The number of aromatic nitrogens is 1. The van der Waals surface area contributed by atoms with E-state index in [1.54, 1.807) is 5.38 Å². The van der Waals surface area contributed by atoms with Crippen LogP contribution < -0.4 is 15.4 Å². The van der Waals surface area contributed by atoms with E-state index in [4.69, 9.17) is 4.74 Å². The summed E-state index contributed by atoms with van der Waals surface area (Å²) in [6.07, 6.45) is 3.86. The molecule has 1 aromatic carbocycles. The summed E-state index contributed by atoms with van der Waals surface area (Å²) in [5.74, 6) is 0.571. The summed E-state index contributed by atoms with van der Waals surface area (Å²) in [7, 11) is 0. The van der Waals surface area contributed by atoms with Gasteiger partial charge < -0.3 is 15.4 Å². The van der Waals surface area contributed by atoms with Gasteiger partial charge in [0.25, 0.3) is 5.91 Å². The number of amides is 2. The fraction of sp³-hybridized carbons (Fsp3) is 0.522. The molecule has 0 saturated heterocycles. The molecule has 2 aromatic rings. The van der Waals surface area contributed by atoms with Crippen LogP contribution in [0.25, 0.3) is 0 Å². The molecule has 1 aromatic heterocycles. The zero-order valence-corrected chi connectivity index (χ0v) is 19.0. The van der Waals surface area contributed by atoms with E-state index < -0.39 is 0 Å². The van der Waals surface area contributed by atoms with Crippen molar-refractivity contribution in [3.05, 3.63) is 45.4 Å². The molecule has 1 aliphatic carbocycles. The number of rotatable bonds is 7. The van der Waals surface area contributed by atoms with E-state index in [2.05, 4.69) is 21.7 Å². The van der Waals surface area contributed by atoms with E-state index in [0.29, 0.717) is 12.3 Å². The second-order valence-corrected chi connectivity index (χ2v) is 9.32. The lowest BCUT2D eigenvalue weighted by Crippen LogP contribution is -2.53. The topological polar surface area (TPSA) is 80.3 Å². The maximum absolute atomic E-state index is 12.7. The zero-order chi connectivity index (χ0) is 21.7. The van der Waals surface area contributed by atoms with Crippen molar-refractivity contribution in [2.45, 2.75) is 72.1 Å². The Hall–Kier alpha value is -2.41. The van der Waals surface area contributed by atoms with Gasteiger partial charge in [-0.1, -0.05) is 32.8 Å². The van der Waals surface area contributed by atoms with Gasteiger partial charge in [0, 0.05) is 23.4 Å². The molecule has 162 valence electrons. The Kier molecular flexibility index (Phi) is 7.48. The average Bonchev–Trinajstić information content (AvgIpc) is 3.16. The zero-order valence-electron chi connectivity index (χ0n) is 18.2. The molecule has 6 nitrogen and oxygen atoms in total. The molecule has 0 aliphatic heterocycles. The predicted octanol–water partition coefficient (Wildman–Crippen LogP) is 4.15. The number of nitrogens with zero attached hydrogens (tertiary/aromatic N) is 1. The molecule has 0 radical (unpaired) electrons. The Labute approximate surface area is 182 Å². The van der Waals surface area contributed by atoms with Crippen molar-refractivity contribution in [2.24, 2.45) is 5.92 Å². The summed E-state index contributed by atoms with van der Waals surface area (Å²) in [4.78, 5) is 29.3. The number of hydrogen-bond donors (Lipinski definition) is 2. The fourth-order valence-corrected chi connectivity index (χ4v) is 4.40. The lowest BCUT2D eigenvalue weighted by molar-refractivity contribution is -0.125. The van der Waals surface area contributed by atoms with Crippen LogP contribution in [0.4, 0.5) is 0 Å². The third kappa shape index (κ3) is 6.05. The van der Waals surface area contributed by atoms with Crippen LogP contribution in [0.3, 0.4) is 0 Å². The van der Waals surface area contributed by atoms with Gasteiger partial charge in [-0.15, -0.1) is 11.3 Å². The van der Waals surface area contributed by atoms with Gasteiger partial charge in [-0.05, 0) is 49.9 Å². The molecule has 2 amide bonds. The highest BCUT2D eigenvalue weighted by atomic mass is 32.1. The number of nitrogens with one attached hydrogen (secondary N) is 2. The van der Waals surface area contributed by atoms with Crippen molar-refractivity contribution in [1.82, 2.24) is 15.6 Å². The molecule has 1 saturated carbocycles. The monoisotopic (exact) mass is 429 g/mol. The Balaban J connectivity index is 1.57. The van der Waals surface area contributed by atoms with E-state index in [0.717, 1.165) is 47.6 Å². The Morgan fingerprint density at radius 2 is 1.73 bits per heavy atom. The SMILES string of the molecule is Cc1cc(C)cc(OCc2nc(C(=O)N[C@H]3CCCC[C@H]3NC(=O)C(C)C)cs2)c1. The minimum absolute atomic E-state index is 0.0244. The van der Waals surface area contributed by atoms with Gasteiger partial charge in [-0.3, -0.25) is 9.59 Å². The van der Waals surface area contributed by atoms with E-state index >= 15 is 0 Å². The molecule has 1 fully saturated rings. The van der Waals surface area contributed by atoms with Gasteiger partial charge in [0.2, 0.25) is 5.91 Å². The summed E-state index contributed by atoms with van der Waals surface area (Å²) < 4.78 is 5.85. The molecule has 2 N–H and O–H groups in total. The third-order valence-electron chi connectivity index (χ3n) is 5.28. The minimum atomic E-state index is -0.195. The summed E-state index contributed by atoms with van der Waals surface area (Å²) in [6.45, 7) is 8.16. The Bertz CT molecular complexity index is 873. The summed E-state index contributed by atoms with van der Waals surface area (Å²) in [6, 6.07) is 5.99. The van der Waals surface area contributed by atoms with Gasteiger partial charge >= 0.3 is 0 Å². The van der Waals surface area contributed by atoms with E-state index in [-0.39, 0.29) is 29.8 Å². The number of ether oxygens (including phenoxy) is 1. The van der Waals surface area contributed by atoms with E-state index in [9.17, 15) is 9.59 Å². The van der Waals surface area contributed by atoms with Gasteiger partial charge in [-0.2, -0.15) is 0 Å². The smallest absolute Gasteiger partial charge is 0.271 e. The first-order valence-corrected chi connectivity index (χ1v) is 11.5. The number of benzene rings is 1. The molecular formula is C23H31N3O3S. The highest BCUT2D eigenvalue weighted by Gasteiger charge is 2.29. The normalized spacial score (nSPS) is 18.8. The van der Waals surface area contributed by atoms with E-state index in [1.807, 2.05) is 39.8 Å². The second-order valence-electron chi connectivity index (χ2n) is 8.37. The number of thiazole rings is 1. The third-order valence-corrected chi connectivity index (χ3v) is 6.10. The van der Waals surface area contributed by atoms with E-state index in [1.165, 1.54) is 11.3 Å². The summed E-state index contributed by atoms with van der Waals surface area (Å²) in [5, 5.41) is 8.69. The second kappa shape index (κ2) is 10.1. The summed E-state index contributed by atoms with van der Waals surface area (Å²) in [5.41, 5.74) is 2.70. The van der Waals surface area contributed by atoms with Crippen LogP contribution in [0.1, 0.15) is 66.2 Å². The van der Waals surface area contributed by atoms with Crippen molar-refractivity contribution >= 4 is 23.2 Å². The maximum Gasteiger partial charge on any atom is 0.271 e. The van der Waals surface area contributed by atoms with Crippen molar-refractivity contribution in [1.29, 1.82) is 0 Å². The van der Waals surface area contributed by atoms with Crippen LogP contribution in [0.5, 0.6) is 5.75 Å². The van der Waals surface area contributed by atoms with Crippen LogP contribution in [0.15, 0.2) is 23.6 Å². The largest absolute Gasteiger partial charge is 0.486 e. The van der Waals surface area contributed by atoms with Crippen LogP contribution in [0, 0.1) is 19.8 Å². The number of hydrogen-bond acceptors (Lipinski definition) is 5. The van der Waals surface area contributed by atoms with Gasteiger partial charge in [0.1, 0.15) is 23.1 Å². The molecule has 7 heteroatoms. The van der Waals surface area contributed by atoms with Crippen molar-refractivity contribution in [3.8, 4) is 5.75 Å². The Morgan fingerprint density at radius 1 is 1.10 bits per heavy atom. The van der Waals surface area contributed by atoms with Crippen LogP contribution in [-0.4, -0.2) is 28.9 Å². The van der Waals surface area contributed by atoms with Gasteiger partial charge in [0.05, 0.1) is 0 Å². The summed E-state index contributed by atoms with van der Waals surface area (Å²) >= 11 is 1.42. The minimum Gasteiger partial charge on any atom is -0.486 e. The first kappa shape index (κ1) is 22.3. The lowest BCUT2D eigenvalue weighted by atomic mass is 9.89. The quantitative estimate of drug-likeness (QED) is 0.693. The molecule has 2 atom stereocenters. The molecule has 0 spiro atoms. The number of aryl methyl sites for hydroxylation is 2. The van der Waals surface area contributed by atoms with Crippen molar-refractivity contribution < 1.29 is 14.3 Å². The average molecular weight is 430 g/mol. The molecule has 0 bridgehead atoms. The molecule has 1 heterocycles. The number of carbonyl (C=O) groups is 2. The maximum atomic E-state index is 12.7. The molecular weight excluding hydrogens is 398 g/mol. The van der Waals surface area contributed by atoms with Gasteiger partial charge in [0.15, 0.2) is 0 Å². The van der Waals surface area contributed by atoms with Crippen molar-refractivity contribution in [3.63, 3.8) is 0 Å². The molecule has 30 heavy (non-hydrogen) atoms. The highest BCUT2D eigenvalue weighted by molar-refractivity contribution is 7.09. The van der Waals surface area contributed by atoms with Crippen molar-refractivity contribution in [2.75, 3.05) is 0 Å². The van der Waals surface area contributed by atoms with Crippen LogP contribution in [0.2, 0.25) is 0 Å². The first-order chi connectivity index (χ1) is 14.3. The Morgan fingerprint density at radius 3 is 2.37 bits per heavy atom. The highest BCUT2D eigenvalue weighted by Crippen LogP contribution is 2.21.